The maximum absolute atomic E-state index is 13.9. The number of aromatic hydroxyl groups is 1. The summed E-state index contributed by atoms with van der Waals surface area (Å²) in [7, 11) is 1.44. The minimum Gasteiger partial charge on any atom is -0.503 e. The Morgan fingerprint density at radius 3 is 2.63 bits per heavy atom. The van der Waals surface area contributed by atoms with Crippen molar-refractivity contribution in [2.24, 2.45) is 0 Å². The molecule has 2 amide bonds. The van der Waals surface area contributed by atoms with E-state index in [1.807, 2.05) is 0 Å². The number of benzene rings is 1. The van der Waals surface area contributed by atoms with Gasteiger partial charge < -0.3 is 9.84 Å². The Hall–Kier alpha value is -3.01. The van der Waals surface area contributed by atoms with E-state index in [1.54, 1.807) is 12.1 Å². The summed E-state index contributed by atoms with van der Waals surface area (Å²) in [5.41, 5.74) is -0.276. The first-order valence-electron chi connectivity index (χ1n) is 7.42. The zero-order chi connectivity index (χ0) is 19.7. The summed E-state index contributed by atoms with van der Waals surface area (Å²) in [5.74, 6) is -6.13. The first-order chi connectivity index (χ1) is 12.8. The number of ether oxygens (including phenoxy) is 1. The van der Waals surface area contributed by atoms with Crippen molar-refractivity contribution >= 4 is 29.0 Å². The van der Waals surface area contributed by atoms with Crippen LogP contribution in [0, 0.1) is 17.5 Å². The Labute approximate surface area is 155 Å². The van der Waals surface area contributed by atoms with Crippen LogP contribution >= 0.6 is 11.8 Å². The third-order valence-corrected chi connectivity index (χ3v) is 4.59. The summed E-state index contributed by atoms with van der Waals surface area (Å²) in [6, 6.07) is 3.45. The van der Waals surface area contributed by atoms with E-state index < -0.39 is 39.9 Å². The number of pyridine rings is 1. The molecule has 1 fully saturated rings. The number of phenols is 1. The summed E-state index contributed by atoms with van der Waals surface area (Å²) in [5, 5.41) is 8.62. The Morgan fingerprint density at radius 2 is 2.00 bits per heavy atom. The van der Waals surface area contributed by atoms with Gasteiger partial charge in [-0.05, 0) is 23.4 Å². The molecule has 0 bridgehead atoms. The van der Waals surface area contributed by atoms with Crippen LogP contribution in [0.1, 0.15) is 11.1 Å². The van der Waals surface area contributed by atoms with E-state index in [4.69, 9.17) is 4.74 Å². The predicted molar refractivity (Wildman–Crippen MR) is 90.3 cm³/mol. The van der Waals surface area contributed by atoms with Crippen LogP contribution in [0.3, 0.4) is 0 Å². The Kier molecular flexibility index (Phi) is 5.08. The van der Waals surface area contributed by atoms with Gasteiger partial charge in [0.05, 0.1) is 24.1 Å². The largest absolute Gasteiger partial charge is 0.503 e. The second-order valence-electron chi connectivity index (χ2n) is 5.39. The molecule has 1 saturated heterocycles. The fourth-order valence-electron chi connectivity index (χ4n) is 2.30. The molecule has 3 rings (SSSR count). The zero-order valence-corrected chi connectivity index (χ0v) is 14.5. The second kappa shape index (κ2) is 7.31. The molecule has 0 atom stereocenters. The number of carbonyl (C=O) groups excluding carboxylic acids is 2. The molecular formula is C17H11F3N2O4S. The molecule has 1 aromatic carbocycles. The normalized spacial score (nSPS) is 15.7. The van der Waals surface area contributed by atoms with Crippen molar-refractivity contribution in [3.05, 3.63) is 57.9 Å². The Bertz CT molecular complexity index is 964. The van der Waals surface area contributed by atoms with Gasteiger partial charge in [-0.15, -0.1) is 0 Å². The standard InChI is InChI=1S/C17H11F3N2O4S/c1-26-13-3-2-8(6-21-13)7-22-16(24)12(27-17(22)25)4-9-10(18)5-11(19)15(23)14(9)20/h2-6,23H,7H2,1H3. The third kappa shape index (κ3) is 3.61. The van der Waals surface area contributed by atoms with Gasteiger partial charge in [-0.1, -0.05) is 6.07 Å². The fourth-order valence-corrected chi connectivity index (χ4v) is 3.12. The monoisotopic (exact) mass is 396 g/mol. The minimum absolute atomic E-state index is 0.0986. The van der Waals surface area contributed by atoms with Crippen LogP contribution < -0.4 is 4.74 Å². The highest BCUT2D eigenvalue weighted by atomic mass is 32.2. The number of hydrogen-bond acceptors (Lipinski definition) is 6. The third-order valence-electron chi connectivity index (χ3n) is 3.68. The van der Waals surface area contributed by atoms with Crippen LogP contribution in [-0.4, -0.2) is 33.2 Å². The van der Waals surface area contributed by atoms with Crippen LogP contribution in [0.4, 0.5) is 18.0 Å². The number of rotatable bonds is 4. The van der Waals surface area contributed by atoms with Crippen molar-refractivity contribution in [3.63, 3.8) is 0 Å². The summed E-state index contributed by atoms with van der Waals surface area (Å²) >= 11 is 0.476. The van der Waals surface area contributed by atoms with Gasteiger partial charge in [-0.2, -0.15) is 0 Å². The van der Waals surface area contributed by atoms with E-state index in [1.165, 1.54) is 13.3 Å². The summed E-state index contributed by atoms with van der Waals surface area (Å²) < 4.78 is 45.8. The topological polar surface area (TPSA) is 79.7 Å². The summed E-state index contributed by atoms with van der Waals surface area (Å²) in [4.78, 5) is 29.1. The molecule has 6 nitrogen and oxygen atoms in total. The molecule has 1 N–H and O–H groups in total. The highest BCUT2D eigenvalue weighted by molar-refractivity contribution is 8.18. The van der Waals surface area contributed by atoms with Gasteiger partial charge in [-0.3, -0.25) is 14.5 Å². The van der Waals surface area contributed by atoms with Crippen LogP contribution in [0.15, 0.2) is 29.3 Å². The van der Waals surface area contributed by atoms with Crippen molar-refractivity contribution in [2.75, 3.05) is 7.11 Å². The molecule has 0 unspecified atom stereocenters. The van der Waals surface area contributed by atoms with Crippen molar-refractivity contribution < 1.29 is 32.6 Å². The van der Waals surface area contributed by atoms with Crippen molar-refractivity contribution in [2.45, 2.75) is 6.54 Å². The summed E-state index contributed by atoms with van der Waals surface area (Å²) in [6.07, 6.45) is 2.18. The van der Waals surface area contributed by atoms with E-state index in [-0.39, 0.29) is 17.5 Å². The lowest BCUT2D eigenvalue weighted by atomic mass is 10.1. The van der Waals surface area contributed by atoms with E-state index >= 15 is 0 Å². The number of aromatic nitrogens is 1. The molecule has 0 radical (unpaired) electrons. The number of nitrogens with zero attached hydrogens (tertiary/aromatic N) is 2. The number of imide groups is 1. The molecule has 1 aliphatic rings. The van der Waals surface area contributed by atoms with E-state index in [2.05, 4.69) is 4.98 Å². The number of hydrogen-bond donors (Lipinski definition) is 1. The molecular weight excluding hydrogens is 385 g/mol. The molecule has 0 aliphatic carbocycles. The SMILES string of the molecule is COc1ccc(CN2C(=O)SC(=Cc3c(F)cc(F)c(O)c3F)C2=O)cn1. The van der Waals surface area contributed by atoms with Crippen molar-refractivity contribution in [1.82, 2.24) is 9.88 Å². The maximum atomic E-state index is 13.9. The molecule has 0 spiro atoms. The van der Waals surface area contributed by atoms with Crippen LogP contribution in [-0.2, 0) is 11.3 Å². The first kappa shape index (κ1) is 18.8. The lowest BCUT2D eigenvalue weighted by Crippen LogP contribution is -2.27. The maximum Gasteiger partial charge on any atom is 0.293 e. The van der Waals surface area contributed by atoms with Crippen LogP contribution in [0.2, 0.25) is 0 Å². The number of amides is 2. The second-order valence-corrected chi connectivity index (χ2v) is 6.39. The number of methoxy groups -OCH3 is 1. The van der Waals surface area contributed by atoms with Gasteiger partial charge in [0.2, 0.25) is 5.88 Å². The van der Waals surface area contributed by atoms with Crippen LogP contribution in [0.25, 0.3) is 6.08 Å². The average Bonchev–Trinajstić information content (AvgIpc) is 2.91. The average molecular weight is 396 g/mol. The van der Waals surface area contributed by atoms with Gasteiger partial charge in [-0.25, -0.2) is 18.2 Å². The number of phenolic OH excluding ortho intramolecular Hbond substituents is 1. The highest BCUT2D eigenvalue weighted by Crippen LogP contribution is 2.35. The number of carbonyl (C=O) groups is 2. The van der Waals surface area contributed by atoms with Crippen molar-refractivity contribution in [1.29, 1.82) is 0 Å². The Balaban J connectivity index is 1.87. The van der Waals surface area contributed by atoms with E-state index in [0.29, 0.717) is 23.2 Å². The molecule has 2 heterocycles. The first-order valence-corrected chi connectivity index (χ1v) is 8.24. The van der Waals surface area contributed by atoms with Gasteiger partial charge in [0.1, 0.15) is 5.82 Å². The number of thioether (sulfide) groups is 1. The summed E-state index contributed by atoms with van der Waals surface area (Å²) in [6.45, 7) is -0.0986. The van der Waals surface area contributed by atoms with E-state index in [9.17, 15) is 27.9 Å². The van der Waals surface area contributed by atoms with Gasteiger partial charge in [0.25, 0.3) is 11.1 Å². The minimum atomic E-state index is -1.56. The fraction of sp³-hybridized carbons (Fsp3) is 0.118. The number of halogens is 3. The van der Waals surface area contributed by atoms with Gasteiger partial charge in [0, 0.05) is 18.3 Å². The quantitative estimate of drug-likeness (QED) is 0.798. The molecule has 140 valence electrons. The van der Waals surface area contributed by atoms with Crippen molar-refractivity contribution in [3.8, 4) is 11.6 Å². The van der Waals surface area contributed by atoms with E-state index in [0.717, 1.165) is 11.0 Å². The molecule has 10 heteroatoms. The molecule has 1 aliphatic heterocycles. The lowest BCUT2D eigenvalue weighted by Gasteiger charge is -2.12. The highest BCUT2D eigenvalue weighted by Gasteiger charge is 2.35. The van der Waals surface area contributed by atoms with Gasteiger partial charge >= 0.3 is 0 Å². The molecule has 27 heavy (non-hydrogen) atoms. The Morgan fingerprint density at radius 1 is 1.26 bits per heavy atom. The van der Waals surface area contributed by atoms with Gasteiger partial charge in [0.15, 0.2) is 17.4 Å². The lowest BCUT2D eigenvalue weighted by molar-refractivity contribution is -0.123. The molecule has 0 saturated carbocycles. The molecule has 1 aromatic heterocycles. The van der Waals surface area contributed by atoms with Crippen LogP contribution in [0.5, 0.6) is 11.6 Å². The smallest absolute Gasteiger partial charge is 0.293 e. The zero-order valence-electron chi connectivity index (χ0n) is 13.7. The predicted octanol–water partition coefficient (Wildman–Crippen LogP) is 3.45. The molecule has 2 aromatic rings.